The molecule has 0 spiro atoms. The number of rotatable bonds is 6. The van der Waals surface area contributed by atoms with Gasteiger partial charge < -0.3 is 0 Å². The van der Waals surface area contributed by atoms with Crippen molar-refractivity contribution in [3.63, 3.8) is 0 Å². The molecule has 1 aliphatic heterocycles. The maximum absolute atomic E-state index is 4.62. The molecule has 0 saturated heterocycles. The summed E-state index contributed by atoms with van der Waals surface area (Å²) in [5, 5.41) is 2.43. The molecule has 0 saturated carbocycles. The average molecular weight is 418 g/mol. The Balaban J connectivity index is 1.43. The topological polar surface area (TPSA) is 12.9 Å². The predicted molar refractivity (Wildman–Crippen MR) is 130 cm³/mol. The number of fused-ring (bicyclic) bond motifs is 2. The third-order valence-corrected chi connectivity index (χ3v) is 7.54. The molecule has 0 fully saturated rings. The maximum atomic E-state index is 4.62. The Bertz CT molecular complexity index is 1080. The SMILES string of the molecule is CC[N+]1(CC)C(=CC=CC=CC=Cc2nc3ccccc3s2)Sc2ccccc21. The molecule has 146 valence electrons. The van der Waals surface area contributed by atoms with Crippen LogP contribution >= 0.6 is 23.1 Å². The standard InChI is InChI=1S/C25H25N2S2/c1-3-27(4-2)21-15-11-13-17-23(21)29-25(27)19-9-7-5-6-8-18-24-26-20-14-10-12-16-22(20)28-24/h5-19H,3-4H2,1-2H3/q+1. The zero-order valence-corrected chi connectivity index (χ0v) is 18.4. The molecule has 0 bridgehead atoms. The summed E-state index contributed by atoms with van der Waals surface area (Å²) in [5.41, 5.74) is 2.49. The maximum Gasteiger partial charge on any atom is 0.177 e. The number of allylic oxidation sites excluding steroid dienone is 6. The third kappa shape index (κ3) is 4.01. The van der Waals surface area contributed by atoms with Crippen molar-refractivity contribution in [3.05, 3.63) is 95.0 Å². The highest BCUT2D eigenvalue weighted by Crippen LogP contribution is 2.50. The van der Waals surface area contributed by atoms with Crippen LogP contribution in [0.4, 0.5) is 5.69 Å². The first kappa shape index (κ1) is 19.9. The molecular formula is C25H25N2S2+. The monoisotopic (exact) mass is 417 g/mol. The first-order valence-corrected chi connectivity index (χ1v) is 11.6. The number of para-hydroxylation sites is 2. The third-order valence-electron chi connectivity index (χ3n) is 5.27. The summed E-state index contributed by atoms with van der Waals surface area (Å²) >= 11 is 3.61. The van der Waals surface area contributed by atoms with Gasteiger partial charge in [0, 0.05) is 12.1 Å². The Morgan fingerprint density at radius 2 is 1.59 bits per heavy atom. The molecule has 0 radical (unpaired) electrons. The van der Waals surface area contributed by atoms with Crippen molar-refractivity contribution in [3.8, 4) is 0 Å². The molecule has 0 atom stereocenters. The van der Waals surface area contributed by atoms with Gasteiger partial charge in [-0.05, 0) is 49.9 Å². The summed E-state index contributed by atoms with van der Waals surface area (Å²) in [6.45, 7) is 6.69. The number of thioether (sulfide) groups is 1. The van der Waals surface area contributed by atoms with Crippen LogP contribution in [-0.4, -0.2) is 18.1 Å². The minimum absolute atomic E-state index is 0.937. The van der Waals surface area contributed by atoms with Gasteiger partial charge in [-0.25, -0.2) is 4.98 Å². The number of hydrogen-bond acceptors (Lipinski definition) is 3. The minimum atomic E-state index is 0.937. The van der Waals surface area contributed by atoms with Gasteiger partial charge in [0.25, 0.3) is 0 Å². The van der Waals surface area contributed by atoms with Crippen LogP contribution in [0.1, 0.15) is 18.9 Å². The van der Waals surface area contributed by atoms with Gasteiger partial charge in [-0.2, -0.15) is 0 Å². The van der Waals surface area contributed by atoms with Crippen LogP contribution in [0.15, 0.2) is 94.9 Å². The van der Waals surface area contributed by atoms with Gasteiger partial charge in [0.05, 0.1) is 28.2 Å². The zero-order valence-electron chi connectivity index (χ0n) is 16.8. The largest absolute Gasteiger partial charge is 0.252 e. The fraction of sp³-hybridized carbons (Fsp3) is 0.160. The van der Waals surface area contributed by atoms with E-state index in [1.807, 2.05) is 23.9 Å². The van der Waals surface area contributed by atoms with Gasteiger partial charge in [-0.15, -0.1) is 11.3 Å². The quantitative estimate of drug-likeness (QED) is 0.306. The molecule has 0 unspecified atom stereocenters. The minimum Gasteiger partial charge on any atom is -0.252 e. The van der Waals surface area contributed by atoms with Gasteiger partial charge in [0.15, 0.2) is 10.7 Å². The van der Waals surface area contributed by atoms with Gasteiger partial charge in [0.1, 0.15) is 5.01 Å². The fourth-order valence-corrected chi connectivity index (χ4v) is 5.98. The second kappa shape index (κ2) is 8.95. The Morgan fingerprint density at radius 3 is 2.41 bits per heavy atom. The molecule has 0 N–H and O–H groups in total. The molecule has 1 aliphatic rings. The van der Waals surface area contributed by atoms with E-state index in [-0.39, 0.29) is 0 Å². The molecule has 2 heterocycles. The van der Waals surface area contributed by atoms with E-state index in [4.69, 9.17) is 0 Å². The Labute approximate surface area is 181 Å². The van der Waals surface area contributed by atoms with Crippen LogP contribution < -0.4 is 4.48 Å². The summed E-state index contributed by atoms with van der Waals surface area (Å²) in [5.74, 6) is 0. The van der Waals surface area contributed by atoms with E-state index in [0.717, 1.165) is 28.1 Å². The summed E-state index contributed by atoms with van der Waals surface area (Å²) in [6.07, 6.45) is 14.7. The van der Waals surface area contributed by atoms with Gasteiger partial charge in [-0.3, -0.25) is 4.48 Å². The van der Waals surface area contributed by atoms with Crippen molar-refractivity contribution in [2.75, 3.05) is 13.1 Å². The number of nitrogens with zero attached hydrogens (tertiary/aromatic N) is 2. The van der Waals surface area contributed by atoms with Gasteiger partial charge >= 0.3 is 0 Å². The van der Waals surface area contributed by atoms with Crippen molar-refractivity contribution >= 4 is 45.1 Å². The number of thiazole rings is 1. The summed E-state index contributed by atoms with van der Waals surface area (Å²) in [7, 11) is 0. The van der Waals surface area contributed by atoms with Crippen LogP contribution in [0.2, 0.25) is 0 Å². The van der Waals surface area contributed by atoms with E-state index in [9.17, 15) is 0 Å². The Morgan fingerprint density at radius 1 is 0.862 bits per heavy atom. The molecule has 4 heteroatoms. The molecule has 0 aliphatic carbocycles. The van der Waals surface area contributed by atoms with Crippen molar-refractivity contribution in [2.45, 2.75) is 18.7 Å². The van der Waals surface area contributed by atoms with Crippen LogP contribution in [0.25, 0.3) is 16.3 Å². The summed E-state index contributed by atoms with van der Waals surface area (Å²) in [6, 6.07) is 17.0. The fourth-order valence-electron chi connectivity index (χ4n) is 3.70. The van der Waals surface area contributed by atoms with Crippen LogP contribution in [-0.2, 0) is 0 Å². The molecule has 2 nitrogen and oxygen atoms in total. The van der Waals surface area contributed by atoms with E-state index in [2.05, 4.69) is 97.8 Å². The number of aromatic nitrogens is 1. The van der Waals surface area contributed by atoms with Gasteiger partial charge in [-0.1, -0.05) is 54.6 Å². The van der Waals surface area contributed by atoms with E-state index in [1.54, 1.807) is 11.3 Å². The molecule has 1 aromatic heterocycles. The van der Waals surface area contributed by atoms with Gasteiger partial charge in [0.2, 0.25) is 0 Å². The van der Waals surface area contributed by atoms with Crippen LogP contribution in [0.3, 0.4) is 0 Å². The predicted octanol–water partition coefficient (Wildman–Crippen LogP) is 7.42. The van der Waals surface area contributed by atoms with Crippen LogP contribution in [0.5, 0.6) is 0 Å². The number of benzene rings is 2. The van der Waals surface area contributed by atoms with Crippen molar-refractivity contribution < 1.29 is 0 Å². The number of hydrogen-bond donors (Lipinski definition) is 0. The molecule has 29 heavy (non-hydrogen) atoms. The van der Waals surface area contributed by atoms with E-state index < -0.39 is 0 Å². The van der Waals surface area contributed by atoms with E-state index in [0.29, 0.717) is 0 Å². The molecule has 4 rings (SSSR count). The first-order chi connectivity index (χ1) is 14.3. The first-order valence-electron chi connectivity index (χ1n) is 9.99. The van der Waals surface area contributed by atoms with E-state index in [1.165, 1.54) is 20.3 Å². The highest BCUT2D eigenvalue weighted by atomic mass is 32.2. The summed E-state index contributed by atoms with van der Waals surface area (Å²) in [4.78, 5) is 6.00. The lowest BCUT2D eigenvalue weighted by atomic mass is 10.2. The Kier molecular flexibility index (Phi) is 6.14. The lowest BCUT2D eigenvalue weighted by molar-refractivity contribution is 0.400. The van der Waals surface area contributed by atoms with Crippen molar-refractivity contribution in [1.82, 2.24) is 9.47 Å². The second-order valence-electron chi connectivity index (χ2n) is 6.82. The lowest BCUT2D eigenvalue weighted by Crippen LogP contribution is -2.44. The normalized spacial score (nSPS) is 17.4. The second-order valence-corrected chi connectivity index (χ2v) is 8.95. The Hall–Kier alpha value is -2.40. The molecule has 2 aromatic carbocycles. The van der Waals surface area contributed by atoms with Crippen molar-refractivity contribution in [2.24, 2.45) is 0 Å². The molecule has 0 amide bonds. The molecular weight excluding hydrogens is 392 g/mol. The highest BCUT2D eigenvalue weighted by Gasteiger charge is 2.41. The molecule has 3 aromatic rings. The lowest BCUT2D eigenvalue weighted by Gasteiger charge is -2.32. The summed E-state index contributed by atoms with van der Waals surface area (Å²) < 4.78 is 2.16. The smallest absolute Gasteiger partial charge is 0.177 e. The average Bonchev–Trinajstić information content (AvgIpc) is 3.31. The van der Waals surface area contributed by atoms with E-state index >= 15 is 0 Å². The number of quaternary nitrogens is 1. The zero-order chi connectivity index (χ0) is 20.1. The van der Waals surface area contributed by atoms with Crippen LogP contribution in [0, 0.1) is 0 Å². The highest BCUT2D eigenvalue weighted by molar-refractivity contribution is 8.03. The van der Waals surface area contributed by atoms with Crippen molar-refractivity contribution in [1.29, 1.82) is 0 Å².